The molecule has 2 atom stereocenters. The van der Waals surface area contributed by atoms with Gasteiger partial charge >= 0.3 is 0 Å². The Morgan fingerprint density at radius 2 is 2.12 bits per heavy atom. The van der Waals surface area contributed by atoms with Crippen molar-refractivity contribution in [2.24, 2.45) is 0 Å². The molecule has 0 aromatic heterocycles. The molecule has 0 unspecified atom stereocenters. The van der Waals surface area contributed by atoms with Crippen LogP contribution < -0.4 is 20.1 Å². The van der Waals surface area contributed by atoms with Crippen LogP contribution in [0, 0.1) is 6.92 Å². The Kier molecular flexibility index (Phi) is 3.79. The summed E-state index contributed by atoms with van der Waals surface area (Å²) in [7, 11) is 0. The van der Waals surface area contributed by atoms with Crippen molar-refractivity contribution in [3.05, 3.63) is 52.6 Å². The zero-order chi connectivity index (χ0) is 17.6. The van der Waals surface area contributed by atoms with E-state index in [4.69, 9.17) is 9.47 Å². The Balaban J connectivity index is 1.77. The molecule has 5 heteroatoms. The molecule has 2 aliphatic rings. The maximum atomic E-state index is 12.6. The third-order valence-electron chi connectivity index (χ3n) is 4.69. The van der Waals surface area contributed by atoms with Crippen LogP contribution in [-0.2, 0) is 6.42 Å². The highest BCUT2D eigenvalue weighted by Gasteiger charge is 2.32. The summed E-state index contributed by atoms with van der Waals surface area (Å²) in [6, 6.07) is 9.83. The summed E-state index contributed by atoms with van der Waals surface area (Å²) in [5.41, 5.74) is 4.53. The van der Waals surface area contributed by atoms with E-state index in [1.165, 1.54) is 0 Å². The fourth-order valence-electron chi connectivity index (χ4n) is 3.64. The van der Waals surface area contributed by atoms with Gasteiger partial charge in [-0.05, 0) is 44.5 Å². The van der Waals surface area contributed by atoms with Crippen molar-refractivity contribution in [2.45, 2.75) is 39.5 Å². The lowest BCUT2D eigenvalue weighted by Gasteiger charge is -2.30. The van der Waals surface area contributed by atoms with Crippen molar-refractivity contribution >= 4 is 11.6 Å². The van der Waals surface area contributed by atoms with E-state index in [-0.39, 0.29) is 18.2 Å². The normalized spacial score (nSPS) is 20.8. The lowest BCUT2D eigenvalue weighted by molar-refractivity contribution is 0.0934. The molecule has 130 valence electrons. The summed E-state index contributed by atoms with van der Waals surface area (Å²) >= 11 is 0. The summed E-state index contributed by atoms with van der Waals surface area (Å²) in [6.45, 7) is 6.56. The third-order valence-corrected chi connectivity index (χ3v) is 4.69. The molecule has 0 bridgehead atoms. The largest absolute Gasteiger partial charge is 0.494 e. The minimum absolute atomic E-state index is 0.0709. The number of amides is 1. The Hall–Kier alpha value is -2.69. The second-order valence-electron chi connectivity index (χ2n) is 6.61. The Bertz CT molecular complexity index is 847. The van der Waals surface area contributed by atoms with E-state index >= 15 is 0 Å². The molecule has 4 rings (SSSR count). The van der Waals surface area contributed by atoms with Crippen LogP contribution in [0.5, 0.6) is 11.5 Å². The monoisotopic (exact) mass is 338 g/mol. The van der Waals surface area contributed by atoms with Crippen LogP contribution in [0.4, 0.5) is 5.69 Å². The van der Waals surface area contributed by atoms with Crippen molar-refractivity contribution in [1.82, 2.24) is 5.32 Å². The minimum Gasteiger partial charge on any atom is -0.494 e. The first-order chi connectivity index (χ1) is 12.1. The number of ether oxygens (including phenoxy) is 2. The van der Waals surface area contributed by atoms with Crippen molar-refractivity contribution in [3.8, 4) is 11.5 Å². The van der Waals surface area contributed by atoms with Gasteiger partial charge in [-0.1, -0.05) is 12.1 Å². The molecule has 2 aromatic carbocycles. The van der Waals surface area contributed by atoms with Gasteiger partial charge in [0.25, 0.3) is 5.91 Å². The first-order valence-corrected chi connectivity index (χ1v) is 8.70. The number of hydrogen-bond acceptors (Lipinski definition) is 4. The van der Waals surface area contributed by atoms with E-state index in [0.29, 0.717) is 12.2 Å². The summed E-state index contributed by atoms with van der Waals surface area (Å²) in [6.07, 6.45) is 0.625. The second kappa shape index (κ2) is 5.99. The number of nitrogens with one attached hydrogen (secondary N) is 2. The Labute approximate surface area is 147 Å². The van der Waals surface area contributed by atoms with Crippen LogP contribution in [0.3, 0.4) is 0 Å². The molecule has 5 nitrogen and oxygen atoms in total. The van der Waals surface area contributed by atoms with Crippen LogP contribution in [0.15, 0.2) is 30.3 Å². The Morgan fingerprint density at radius 1 is 1.28 bits per heavy atom. The fraction of sp³-hybridized carbons (Fsp3) is 0.350. The van der Waals surface area contributed by atoms with Crippen molar-refractivity contribution in [3.63, 3.8) is 0 Å². The lowest BCUT2D eigenvalue weighted by Crippen LogP contribution is -2.39. The predicted octanol–water partition coefficient (Wildman–Crippen LogP) is 3.57. The van der Waals surface area contributed by atoms with Crippen LogP contribution in [0.1, 0.15) is 47.1 Å². The third kappa shape index (κ3) is 2.69. The maximum absolute atomic E-state index is 12.6. The number of fused-ring (bicyclic) bond motifs is 2. The SMILES string of the molecule is CCOc1cc2c(c([C@H]3NC(=O)c4c(C)cccc4N3)c1)O[C@@H](C)C2. The van der Waals surface area contributed by atoms with Gasteiger partial charge in [-0.3, -0.25) is 4.79 Å². The van der Waals surface area contributed by atoms with E-state index in [1.807, 2.05) is 44.2 Å². The number of aryl methyl sites for hydroxylation is 1. The van der Waals surface area contributed by atoms with Gasteiger partial charge in [0, 0.05) is 23.2 Å². The molecule has 2 N–H and O–H groups in total. The Morgan fingerprint density at radius 3 is 2.92 bits per heavy atom. The highest BCUT2D eigenvalue weighted by Crippen LogP contribution is 2.41. The smallest absolute Gasteiger partial charge is 0.255 e. The van der Waals surface area contributed by atoms with E-state index < -0.39 is 0 Å². The minimum atomic E-state index is -0.346. The number of carbonyl (C=O) groups excluding carboxylic acids is 1. The van der Waals surface area contributed by atoms with E-state index in [9.17, 15) is 4.79 Å². The first kappa shape index (κ1) is 15.8. The summed E-state index contributed by atoms with van der Waals surface area (Å²) in [5, 5.41) is 6.49. The molecule has 0 fully saturated rings. The molecule has 0 aliphatic carbocycles. The number of anilines is 1. The van der Waals surface area contributed by atoms with E-state index in [2.05, 4.69) is 17.6 Å². The van der Waals surface area contributed by atoms with Gasteiger partial charge in [0.05, 0.1) is 12.2 Å². The summed E-state index contributed by atoms with van der Waals surface area (Å²) in [4.78, 5) is 12.6. The van der Waals surface area contributed by atoms with E-state index in [0.717, 1.165) is 40.3 Å². The topological polar surface area (TPSA) is 59.6 Å². The molecule has 1 amide bonds. The van der Waals surface area contributed by atoms with Gasteiger partial charge in [-0.2, -0.15) is 0 Å². The molecular weight excluding hydrogens is 316 g/mol. The van der Waals surface area contributed by atoms with Crippen molar-refractivity contribution < 1.29 is 14.3 Å². The van der Waals surface area contributed by atoms with Gasteiger partial charge in [-0.25, -0.2) is 0 Å². The van der Waals surface area contributed by atoms with Gasteiger partial charge in [0.1, 0.15) is 23.8 Å². The van der Waals surface area contributed by atoms with Gasteiger partial charge in [0.15, 0.2) is 0 Å². The van der Waals surface area contributed by atoms with Crippen LogP contribution >= 0.6 is 0 Å². The quantitative estimate of drug-likeness (QED) is 0.898. The predicted molar refractivity (Wildman–Crippen MR) is 96.4 cm³/mol. The molecule has 2 heterocycles. The highest BCUT2D eigenvalue weighted by molar-refractivity contribution is 6.03. The molecule has 2 aliphatic heterocycles. The molecule has 2 aromatic rings. The molecular formula is C20H22N2O3. The maximum Gasteiger partial charge on any atom is 0.255 e. The van der Waals surface area contributed by atoms with Crippen molar-refractivity contribution in [2.75, 3.05) is 11.9 Å². The fourth-order valence-corrected chi connectivity index (χ4v) is 3.64. The number of benzene rings is 2. The number of hydrogen-bond donors (Lipinski definition) is 2. The number of carbonyl (C=O) groups is 1. The number of rotatable bonds is 3. The molecule has 0 saturated carbocycles. The van der Waals surface area contributed by atoms with Crippen LogP contribution in [-0.4, -0.2) is 18.6 Å². The van der Waals surface area contributed by atoms with Gasteiger partial charge < -0.3 is 20.1 Å². The highest BCUT2D eigenvalue weighted by atomic mass is 16.5. The average molecular weight is 338 g/mol. The average Bonchev–Trinajstić information content (AvgIpc) is 2.94. The van der Waals surface area contributed by atoms with Gasteiger partial charge in [-0.15, -0.1) is 0 Å². The first-order valence-electron chi connectivity index (χ1n) is 8.70. The standard InChI is InChI=1S/C20H22N2O3/c1-4-24-14-9-13-8-12(3)25-18(13)15(10-14)19-21-16-7-5-6-11(2)17(16)20(23)22-19/h5-7,9-10,12,19,21H,4,8H2,1-3H3,(H,22,23)/t12-,19+/m0/s1. The zero-order valence-corrected chi connectivity index (χ0v) is 14.7. The zero-order valence-electron chi connectivity index (χ0n) is 14.7. The molecule has 0 spiro atoms. The summed E-state index contributed by atoms with van der Waals surface area (Å²) in [5.74, 6) is 1.59. The van der Waals surface area contributed by atoms with Crippen LogP contribution in [0.2, 0.25) is 0 Å². The van der Waals surface area contributed by atoms with Gasteiger partial charge in [0.2, 0.25) is 0 Å². The van der Waals surface area contributed by atoms with Crippen LogP contribution in [0.25, 0.3) is 0 Å². The van der Waals surface area contributed by atoms with E-state index in [1.54, 1.807) is 0 Å². The molecule has 25 heavy (non-hydrogen) atoms. The molecule has 0 radical (unpaired) electrons. The summed E-state index contributed by atoms with van der Waals surface area (Å²) < 4.78 is 11.7. The van der Waals surface area contributed by atoms with Crippen molar-refractivity contribution in [1.29, 1.82) is 0 Å². The molecule has 0 saturated heterocycles. The lowest BCUT2D eigenvalue weighted by atomic mass is 9.99. The second-order valence-corrected chi connectivity index (χ2v) is 6.61.